The fourth-order valence-corrected chi connectivity index (χ4v) is 2.96. The number of halogens is 1. The Bertz CT molecular complexity index is 886. The molecule has 1 atom stereocenters. The predicted molar refractivity (Wildman–Crippen MR) is 87.8 cm³/mol. The van der Waals surface area contributed by atoms with E-state index in [4.69, 9.17) is 4.52 Å². The highest BCUT2D eigenvalue weighted by Crippen LogP contribution is 2.28. The summed E-state index contributed by atoms with van der Waals surface area (Å²) in [6.45, 7) is 1.61. The van der Waals surface area contributed by atoms with Gasteiger partial charge in [0.25, 0.3) is 5.03 Å². The summed E-state index contributed by atoms with van der Waals surface area (Å²) in [6.07, 6.45) is 0. The molecule has 0 bridgehead atoms. The minimum Gasteiger partial charge on any atom is -0.538 e. The van der Waals surface area contributed by atoms with Crippen LogP contribution in [0.1, 0.15) is 6.92 Å². The second-order valence-corrected chi connectivity index (χ2v) is 6.47. The second kappa shape index (κ2) is 7.35. The fraction of sp³-hybridized carbons (Fsp3) is 0.118. The lowest BCUT2D eigenvalue weighted by Crippen LogP contribution is -2.36. The smallest absolute Gasteiger partial charge is 0.298 e. The number of nitrogens with zero attached hydrogens (tertiary/aromatic N) is 2. The van der Waals surface area contributed by atoms with Crippen LogP contribution >= 0.6 is 11.8 Å². The van der Waals surface area contributed by atoms with Crippen LogP contribution in [0.2, 0.25) is 0 Å². The van der Waals surface area contributed by atoms with E-state index in [9.17, 15) is 14.3 Å². The maximum absolute atomic E-state index is 13.6. The van der Waals surface area contributed by atoms with Gasteiger partial charge in [-0.05, 0) is 35.5 Å². The molecule has 0 aliphatic carbocycles. The third-order valence-corrected chi connectivity index (χ3v) is 4.49. The number of para-hydroxylation sites is 2. The summed E-state index contributed by atoms with van der Waals surface area (Å²) in [5.41, 5.74) is 0.723. The maximum atomic E-state index is 13.6. The largest absolute Gasteiger partial charge is 0.538 e. The van der Waals surface area contributed by atoms with Crippen LogP contribution < -0.4 is 15.1 Å². The Morgan fingerprint density at radius 2 is 1.92 bits per heavy atom. The molecule has 2 aromatic carbocycles. The number of anilines is 1. The van der Waals surface area contributed by atoms with Crippen molar-refractivity contribution in [2.45, 2.75) is 17.2 Å². The van der Waals surface area contributed by atoms with E-state index in [2.05, 4.69) is 10.6 Å². The van der Waals surface area contributed by atoms with Gasteiger partial charge in [0.2, 0.25) is 11.6 Å². The number of aromatic nitrogens is 2. The van der Waals surface area contributed by atoms with Crippen LogP contribution in [-0.4, -0.2) is 16.4 Å². The van der Waals surface area contributed by atoms with Gasteiger partial charge in [-0.2, -0.15) is 0 Å². The molecule has 3 aromatic rings. The van der Waals surface area contributed by atoms with E-state index in [1.165, 1.54) is 22.9 Å². The zero-order valence-electron chi connectivity index (χ0n) is 13.2. The van der Waals surface area contributed by atoms with Crippen molar-refractivity contribution in [3.63, 3.8) is 0 Å². The van der Waals surface area contributed by atoms with Gasteiger partial charge in [-0.3, -0.25) is 4.79 Å². The van der Waals surface area contributed by atoms with Gasteiger partial charge >= 0.3 is 0 Å². The summed E-state index contributed by atoms with van der Waals surface area (Å²) in [6, 6.07) is 14.8. The molecule has 25 heavy (non-hydrogen) atoms. The minimum atomic E-state index is -0.665. The molecule has 0 aliphatic heterocycles. The van der Waals surface area contributed by atoms with Gasteiger partial charge in [0, 0.05) is 12.1 Å². The van der Waals surface area contributed by atoms with Crippen molar-refractivity contribution in [2.75, 3.05) is 5.32 Å². The molecule has 0 fully saturated rings. The number of thioether (sulfide) groups is 1. The fourth-order valence-electron chi connectivity index (χ4n) is 2.09. The lowest BCUT2D eigenvalue weighted by molar-refractivity contribution is -0.705. The van der Waals surface area contributed by atoms with E-state index in [1.54, 1.807) is 37.3 Å². The van der Waals surface area contributed by atoms with Crippen LogP contribution in [0.15, 0.2) is 64.1 Å². The molecule has 0 radical (unpaired) electrons. The lowest BCUT2D eigenvalue weighted by Gasteiger charge is -2.10. The molecule has 0 aliphatic rings. The molecule has 6 nitrogen and oxygen atoms in total. The SMILES string of the molecule is CC(Sc1c([O-])on[n+]1-c1ccccc1)C(=O)Nc1ccccc1F. The van der Waals surface area contributed by atoms with E-state index in [-0.39, 0.29) is 10.7 Å². The van der Waals surface area contributed by atoms with Crippen LogP contribution in [-0.2, 0) is 4.79 Å². The summed E-state index contributed by atoms with van der Waals surface area (Å²) in [4.78, 5) is 12.3. The molecule has 1 amide bonds. The summed E-state index contributed by atoms with van der Waals surface area (Å²) in [7, 11) is 0. The zero-order chi connectivity index (χ0) is 17.8. The van der Waals surface area contributed by atoms with Gasteiger partial charge in [-0.25, -0.2) is 4.39 Å². The second-order valence-electron chi connectivity index (χ2n) is 5.14. The number of hydrogen-bond acceptors (Lipinski definition) is 5. The number of carbonyl (C=O) groups is 1. The van der Waals surface area contributed by atoms with Crippen molar-refractivity contribution in [3.8, 4) is 11.6 Å². The maximum Gasteiger partial charge on any atom is 0.298 e. The van der Waals surface area contributed by atoms with Crippen LogP contribution in [0.4, 0.5) is 10.1 Å². The Kier molecular flexibility index (Phi) is 4.99. The van der Waals surface area contributed by atoms with Crippen molar-refractivity contribution in [1.29, 1.82) is 0 Å². The van der Waals surface area contributed by atoms with Gasteiger partial charge in [-0.1, -0.05) is 30.3 Å². The Morgan fingerprint density at radius 1 is 1.24 bits per heavy atom. The summed E-state index contributed by atoms with van der Waals surface area (Å²) in [5.74, 6) is -1.60. The van der Waals surface area contributed by atoms with Gasteiger partial charge in [0.05, 0.1) is 16.2 Å². The topological polar surface area (TPSA) is 82.1 Å². The number of amides is 1. The summed E-state index contributed by atoms with van der Waals surface area (Å²) < 4.78 is 19.7. The first-order valence-corrected chi connectivity index (χ1v) is 8.30. The normalized spacial score (nSPS) is 11.9. The molecule has 1 unspecified atom stereocenters. The molecule has 128 valence electrons. The zero-order valence-corrected chi connectivity index (χ0v) is 14.0. The van der Waals surface area contributed by atoms with E-state index < -0.39 is 22.9 Å². The molecule has 8 heteroatoms. The predicted octanol–water partition coefficient (Wildman–Crippen LogP) is 2.28. The number of benzene rings is 2. The first-order valence-electron chi connectivity index (χ1n) is 7.43. The lowest BCUT2D eigenvalue weighted by atomic mass is 10.3. The van der Waals surface area contributed by atoms with Gasteiger partial charge in [0.1, 0.15) is 5.82 Å². The number of rotatable bonds is 5. The molecule has 0 spiro atoms. The van der Waals surface area contributed by atoms with Gasteiger partial charge in [-0.15, -0.1) is 0 Å². The Labute approximate surface area is 147 Å². The Hall–Kier alpha value is -2.87. The van der Waals surface area contributed by atoms with E-state index >= 15 is 0 Å². The Morgan fingerprint density at radius 3 is 2.64 bits per heavy atom. The molecular weight excluding hydrogens is 345 g/mol. The third kappa shape index (κ3) is 3.80. The van der Waals surface area contributed by atoms with E-state index in [0.29, 0.717) is 5.69 Å². The standard InChI is InChI=1S/C17H14FN3O3S/c1-11(15(22)19-14-10-6-5-9-13(14)18)25-16-17(23)24-20-21(16)12-7-3-2-4-8-12/h2-11H,1H3,(H-,19,20,22,23). The van der Waals surface area contributed by atoms with E-state index in [1.807, 2.05) is 6.07 Å². The summed E-state index contributed by atoms with van der Waals surface area (Å²) in [5, 5.41) is 17.6. The average molecular weight is 359 g/mol. The average Bonchev–Trinajstić information content (AvgIpc) is 2.98. The molecular formula is C17H14FN3O3S. The highest BCUT2D eigenvalue weighted by Gasteiger charge is 2.26. The first kappa shape index (κ1) is 17.0. The number of hydrogen-bond donors (Lipinski definition) is 1. The monoisotopic (exact) mass is 359 g/mol. The van der Waals surface area contributed by atoms with Crippen LogP contribution in [0, 0.1) is 5.82 Å². The van der Waals surface area contributed by atoms with Crippen molar-refractivity contribution >= 4 is 23.4 Å². The molecule has 3 rings (SSSR count). The van der Waals surface area contributed by atoms with E-state index in [0.717, 1.165) is 11.8 Å². The van der Waals surface area contributed by atoms with Crippen LogP contribution in [0.25, 0.3) is 5.69 Å². The van der Waals surface area contributed by atoms with Crippen molar-refractivity contribution < 1.29 is 23.5 Å². The number of carbonyl (C=O) groups excluding carboxylic acids is 1. The quantitative estimate of drug-likeness (QED) is 0.558. The van der Waals surface area contributed by atoms with Crippen LogP contribution in [0.3, 0.4) is 0 Å². The first-order chi connectivity index (χ1) is 12.1. The Balaban J connectivity index is 1.77. The van der Waals surface area contributed by atoms with Crippen LogP contribution in [0.5, 0.6) is 5.95 Å². The molecule has 1 heterocycles. The molecule has 1 aromatic heterocycles. The highest BCUT2D eigenvalue weighted by atomic mass is 32.2. The molecule has 0 saturated heterocycles. The number of nitrogens with one attached hydrogen (secondary N) is 1. The molecule has 1 N–H and O–H groups in total. The van der Waals surface area contributed by atoms with Crippen molar-refractivity contribution in [2.24, 2.45) is 0 Å². The third-order valence-electron chi connectivity index (χ3n) is 3.36. The van der Waals surface area contributed by atoms with Crippen molar-refractivity contribution in [3.05, 3.63) is 60.4 Å². The molecule has 0 saturated carbocycles. The minimum absolute atomic E-state index is 0.0866. The van der Waals surface area contributed by atoms with Gasteiger partial charge < -0.3 is 14.9 Å². The van der Waals surface area contributed by atoms with Crippen molar-refractivity contribution in [1.82, 2.24) is 5.27 Å². The van der Waals surface area contributed by atoms with Gasteiger partial charge in [0.15, 0.2) is 5.95 Å². The summed E-state index contributed by atoms with van der Waals surface area (Å²) >= 11 is 0.991. The highest BCUT2D eigenvalue weighted by molar-refractivity contribution is 8.00.